The van der Waals surface area contributed by atoms with Crippen molar-refractivity contribution in [1.82, 2.24) is 4.90 Å². The van der Waals surface area contributed by atoms with E-state index in [0.717, 1.165) is 26.1 Å². The molecule has 2 heteroatoms. The molecular weight excluding hydrogens is 328 g/mol. The summed E-state index contributed by atoms with van der Waals surface area (Å²) in [6.45, 7) is 3.86. The summed E-state index contributed by atoms with van der Waals surface area (Å²) in [6, 6.07) is 30.7. The third-order valence-electron chi connectivity index (χ3n) is 5.87. The Balaban J connectivity index is 1.60. The second-order valence-corrected chi connectivity index (χ2v) is 7.79. The maximum absolute atomic E-state index is 5.81. The Labute approximate surface area is 162 Å². The summed E-state index contributed by atoms with van der Waals surface area (Å²) >= 11 is 0. The van der Waals surface area contributed by atoms with Crippen molar-refractivity contribution in [2.24, 2.45) is 5.73 Å². The summed E-state index contributed by atoms with van der Waals surface area (Å²) in [7, 11) is 0. The van der Waals surface area contributed by atoms with Crippen LogP contribution in [0.4, 0.5) is 0 Å². The molecule has 1 aliphatic heterocycles. The summed E-state index contributed by atoms with van der Waals surface area (Å²) < 4.78 is 0. The number of likely N-dealkylation sites (tertiary alicyclic amines) is 1. The summed E-state index contributed by atoms with van der Waals surface area (Å²) in [5.74, 6) is 0. The highest BCUT2D eigenvalue weighted by atomic mass is 15.2. The highest BCUT2D eigenvalue weighted by molar-refractivity contribution is 5.34. The van der Waals surface area contributed by atoms with Gasteiger partial charge in [0.25, 0.3) is 0 Å². The van der Waals surface area contributed by atoms with Crippen LogP contribution in [0.25, 0.3) is 0 Å². The number of nitrogens with two attached hydrogens (primary N) is 1. The molecule has 1 unspecified atom stereocenters. The van der Waals surface area contributed by atoms with Gasteiger partial charge in [0.05, 0.1) is 0 Å². The maximum Gasteiger partial charge on any atom is 0.0234 e. The molecule has 2 nitrogen and oxygen atoms in total. The van der Waals surface area contributed by atoms with Gasteiger partial charge in [-0.3, -0.25) is 4.90 Å². The van der Waals surface area contributed by atoms with E-state index in [4.69, 9.17) is 5.73 Å². The van der Waals surface area contributed by atoms with Gasteiger partial charge in [-0.05, 0) is 41.6 Å². The van der Waals surface area contributed by atoms with E-state index in [1.165, 1.54) is 28.7 Å². The highest BCUT2D eigenvalue weighted by Gasteiger charge is 2.39. The molecule has 1 fully saturated rings. The van der Waals surface area contributed by atoms with Gasteiger partial charge in [0.1, 0.15) is 0 Å². The van der Waals surface area contributed by atoms with Crippen molar-refractivity contribution in [3.8, 4) is 0 Å². The van der Waals surface area contributed by atoms with Gasteiger partial charge in [0, 0.05) is 25.0 Å². The van der Waals surface area contributed by atoms with E-state index in [-0.39, 0.29) is 5.41 Å². The monoisotopic (exact) mass is 356 g/mol. The Morgan fingerprint density at radius 3 is 2.00 bits per heavy atom. The molecule has 138 valence electrons. The van der Waals surface area contributed by atoms with Crippen molar-refractivity contribution in [3.05, 3.63) is 107 Å². The second-order valence-electron chi connectivity index (χ2n) is 7.79. The molecule has 2 N–H and O–H groups in total. The molecule has 0 aliphatic carbocycles. The van der Waals surface area contributed by atoms with Gasteiger partial charge in [-0.25, -0.2) is 0 Å². The van der Waals surface area contributed by atoms with Crippen LogP contribution in [-0.2, 0) is 24.9 Å². The minimum absolute atomic E-state index is 0.170. The average Bonchev–Trinajstić information content (AvgIpc) is 3.13. The van der Waals surface area contributed by atoms with Crippen LogP contribution in [0, 0.1) is 0 Å². The van der Waals surface area contributed by atoms with Crippen LogP contribution >= 0.6 is 0 Å². The summed E-state index contributed by atoms with van der Waals surface area (Å²) in [6.07, 6.45) is 2.28. The van der Waals surface area contributed by atoms with Crippen LogP contribution in [0.3, 0.4) is 0 Å². The number of benzene rings is 3. The average molecular weight is 357 g/mol. The van der Waals surface area contributed by atoms with Crippen molar-refractivity contribution >= 4 is 0 Å². The molecule has 0 radical (unpaired) electrons. The smallest absolute Gasteiger partial charge is 0.0234 e. The van der Waals surface area contributed by atoms with Crippen LogP contribution in [-0.4, -0.2) is 18.0 Å². The maximum atomic E-state index is 5.81. The van der Waals surface area contributed by atoms with E-state index >= 15 is 0 Å². The Morgan fingerprint density at radius 1 is 0.741 bits per heavy atom. The predicted molar refractivity (Wildman–Crippen MR) is 112 cm³/mol. The van der Waals surface area contributed by atoms with Crippen molar-refractivity contribution in [3.63, 3.8) is 0 Å². The van der Waals surface area contributed by atoms with E-state index in [2.05, 4.69) is 89.8 Å². The fourth-order valence-corrected chi connectivity index (χ4v) is 4.40. The number of hydrogen-bond acceptors (Lipinski definition) is 2. The normalized spacial score (nSPS) is 20.0. The lowest BCUT2D eigenvalue weighted by molar-refractivity contribution is 0.301. The van der Waals surface area contributed by atoms with E-state index < -0.39 is 0 Å². The molecule has 0 bridgehead atoms. The van der Waals surface area contributed by atoms with Crippen molar-refractivity contribution in [2.75, 3.05) is 13.1 Å². The number of rotatable bonds is 6. The molecule has 0 amide bonds. The predicted octanol–water partition coefficient (Wildman–Crippen LogP) is 4.53. The van der Waals surface area contributed by atoms with Gasteiger partial charge in [0.2, 0.25) is 0 Å². The third kappa shape index (κ3) is 4.13. The minimum atomic E-state index is 0.170. The largest absolute Gasteiger partial charge is 0.326 e. The SMILES string of the molecule is NCc1ccc(C2(Cc3ccccc3)CCN(Cc3ccccc3)C2)cc1. The highest BCUT2D eigenvalue weighted by Crippen LogP contribution is 2.38. The quantitative estimate of drug-likeness (QED) is 0.703. The van der Waals surface area contributed by atoms with Gasteiger partial charge in [-0.1, -0.05) is 84.9 Å². The molecule has 1 aliphatic rings. The van der Waals surface area contributed by atoms with E-state index in [9.17, 15) is 0 Å². The molecule has 1 saturated heterocycles. The lowest BCUT2D eigenvalue weighted by atomic mass is 9.74. The Hall–Kier alpha value is -2.42. The van der Waals surface area contributed by atoms with Gasteiger partial charge in [-0.2, -0.15) is 0 Å². The zero-order valence-corrected chi connectivity index (χ0v) is 15.9. The summed E-state index contributed by atoms with van der Waals surface area (Å²) in [5, 5.41) is 0. The first-order chi connectivity index (χ1) is 13.3. The molecule has 27 heavy (non-hydrogen) atoms. The van der Waals surface area contributed by atoms with Crippen molar-refractivity contribution < 1.29 is 0 Å². The molecule has 3 aromatic carbocycles. The van der Waals surface area contributed by atoms with Crippen LogP contribution in [0.2, 0.25) is 0 Å². The zero-order valence-electron chi connectivity index (χ0n) is 15.9. The summed E-state index contributed by atoms with van der Waals surface area (Å²) in [4.78, 5) is 2.61. The number of hydrogen-bond donors (Lipinski definition) is 1. The first-order valence-electron chi connectivity index (χ1n) is 9.87. The topological polar surface area (TPSA) is 29.3 Å². The van der Waals surface area contributed by atoms with Crippen LogP contribution < -0.4 is 5.73 Å². The Bertz CT molecular complexity index is 843. The van der Waals surface area contributed by atoms with Gasteiger partial charge < -0.3 is 5.73 Å². The molecule has 3 aromatic rings. The Morgan fingerprint density at radius 2 is 1.37 bits per heavy atom. The first-order valence-corrected chi connectivity index (χ1v) is 9.87. The van der Waals surface area contributed by atoms with E-state index in [1.54, 1.807) is 0 Å². The minimum Gasteiger partial charge on any atom is -0.326 e. The molecule has 0 aromatic heterocycles. The standard InChI is InChI=1S/C25H28N2/c26-18-22-11-13-24(14-12-22)25(17-21-7-3-1-4-8-21)15-16-27(20-25)19-23-9-5-2-6-10-23/h1-14H,15-20,26H2. The third-order valence-corrected chi connectivity index (χ3v) is 5.87. The van der Waals surface area contributed by atoms with Crippen LogP contribution in [0.5, 0.6) is 0 Å². The second kappa shape index (κ2) is 8.08. The van der Waals surface area contributed by atoms with Crippen LogP contribution in [0.1, 0.15) is 28.7 Å². The Kier molecular flexibility index (Phi) is 5.38. The van der Waals surface area contributed by atoms with E-state index in [1.807, 2.05) is 0 Å². The molecule has 4 rings (SSSR count). The lowest BCUT2D eigenvalue weighted by Crippen LogP contribution is -2.33. The van der Waals surface area contributed by atoms with Crippen molar-refractivity contribution in [2.45, 2.75) is 31.3 Å². The first kappa shape index (κ1) is 18.0. The summed E-state index contributed by atoms with van der Waals surface area (Å²) in [5.41, 5.74) is 11.4. The lowest BCUT2D eigenvalue weighted by Gasteiger charge is -2.31. The molecular formula is C25H28N2. The molecule has 1 atom stereocenters. The molecule has 0 spiro atoms. The van der Waals surface area contributed by atoms with Gasteiger partial charge >= 0.3 is 0 Å². The van der Waals surface area contributed by atoms with Gasteiger partial charge in [0.15, 0.2) is 0 Å². The molecule has 1 heterocycles. The zero-order chi connectivity index (χ0) is 18.5. The van der Waals surface area contributed by atoms with E-state index in [0.29, 0.717) is 6.54 Å². The van der Waals surface area contributed by atoms with Crippen LogP contribution in [0.15, 0.2) is 84.9 Å². The fraction of sp³-hybridized carbons (Fsp3) is 0.280. The van der Waals surface area contributed by atoms with Crippen molar-refractivity contribution in [1.29, 1.82) is 0 Å². The fourth-order valence-electron chi connectivity index (χ4n) is 4.40. The molecule has 0 saturated carbocycles. The van der Waals surface area contributed by atoms with Gasteiger partial charge in [-0.15, -0.1) is 0 Å². The number of nitrogens with zero attached hydrogens (tertiary/aromatic N) is 1.